The SMILES string of the molecule is C#CCOC[C@H]1CCNC1. The van der Waals surface area contributed by atoms with Crippen molar-refractivity contribution in [2.45, 2.75) is 6.42 Å². The maximum Gasteiger partial charge on any atom is 0.107 e. The lowest BCUT2D eigenvalue weighted by atomic mass is 10.1. The van der Waals surface area contributed by atoms with Crippen molar-refractivity contribution in [3.8, 4) is 12.3 Å². The molecule has 0 aromatic rings. The third-order valence-corrected chi connectivity index (χ3v) is 1.70. The molecule has 1 N–H and O–H groups in total. The minimum atomic E-state index is 0.455. The quantitative estimate of drug-likeness (QED) is 0.447. The predicted molar refractivity (Wildman–Crippen MR) is 40.6 cm³/mol. The highest BCUT2D eigenvalue weighted by Gasteiger charge is 2.13. The van der Waals surface area contributed by atoms with E-state index in [1.165, 1.54) is 6.42 Å². The molecule has 56 valence electrons. The normalized spacial score (nSPS) is 24.5. The van der Waals surface area contributed by atoms with Crippen molar-refractivity contribution >= 4 is 0 Å². The molecule has 1 heterocycles. The molecule has 0 aliphatic carbocycles. The summed E-state index contributed by atoms with van der Waals surface area (Å²) < 4.78 is 5.19. The van der Waals surface area contributed by atoms with Crippen molar-refractivity contribution in [1.29, 1.82) is 0 Å². The fraction of sp³-hybridized carbons (Fsp3) is 0.750. The first kappa shape index (κ1) is 7.59. The molecule has 0 unspecified atom stereocenters. The van der Waals surface area contributed by atoms with Gasteiger partial charge in [-0.1, -0.05) is 5.92 Å². The molecule has 0 saturated carbocycles. The maximum absolute atomic E-state index is 5.19. The standard InChI is InChI=1S/C8H13NO/c1-2-5-10-7-8-3-4-9-6-8/h1,8-9H,3-7H2/t8-/m0/s1. The number of ether oxygens (including phenoxy) is 1. The smallest absolute Gasteiger partial charge is 0.107 e. The number of terminal acetylenes is 1. The van der Waals surface area contributed by atoms with Gasteiger partial charge in [-0.2, -0.15) is 0 Å². The number of hydrogen-bond acceptors (Lipinski definition) is 2. The van der Waals surface area contributed by atoms with E-state index in [0.717, 1.165) is 19.7 Å². The van der Waals surface area contributed by atoms with E-state index < -0.39 is 0 Å². The summed E-state index contributed by atoms with van der Waals surface area (Å²) in [5.74, 6) is 3.14. The highest BCUT2D eigenvalue weighted by Crippen LogP contribution is 2.06. The molecule has 1 aliphatic heterocycles. The largest absolute Gasteiger partial charge is 0.368 e. The third-order valence-electron chi connectivity index (χ3n) is 1.70. The third kappa shape index (κ3) is 2.38. The van der Waals surface area contributed by atoms with Gasteiger partial charge in [-0.15, -0.1) is 6.42 Å². The second kappa shape index (κ2) is 4.32. The molecule has 2 nitrogen and oxygen atoms in total. The molecular formula is C8H13NO. The van der Waals surface area contributed by atoms with Gasteiger partial charge in [0.25, 0.3) is 0 Å². The molecule has 1 atom stereocenters. The molecule has 0 bridgehead atoms. The van der Waals surface area contributed by atoms with E-state index >= 15 is 0 Å². The second-order valence-electron chi connectivity index (χ2n) is 2.58. The average molecular weight is 139 g/mol. The molecule has 1 saturated heterocycles. The van der Waals surface area contributed by atoms with Crippen LogP contribution in [0.3, 0.4) is 0 Å². The zero-order valence-electron chi connectivity index (χ0n) is 6.10. The summed E-state index contributed by atoms with van der Waals surface area (Å²) in [4.78, 5) is 0. The summed E-state index contributed by atoms with van der Waals surface area (Å²) in [5.41, 5.74) is 0. The summed E-state index contributed by atoms with van der Waals surface area (Å²) in [6.45, 7) is 3.49. The van der Waals surface area contributed by atoms with E-state index in [-0.39, 0.29) is 0 Å². The van der Waals surface area contributed by atoms with Gasteiger partial charge in [0.2, 0.25) is 0 Å². The molecule has 0 spiro atoms. The minimum Gasteiger partial charge on any atom is -0.368 e. The molecule has 1 aliphatic rings. The first-order valence-electron chi connectivity index (χ1n) is 3.65. The van der Waals surface area contributed by atoms with E-state index in [9.17, 15) is 0 Å². The Hall–Kier alpha value is -0.520. The van der Waals surface area contributed by atoms with Crippen LogP contribution < -0.4 is 5.32 Å². The highest BCUT2D eigenvalue weighted by atomic mass is 16.5. The summed E-state index contributed by atoms with van der Waals surface area (Å²) >= 11 is 0. The fourth-order valence-corrected chi connectivity index (χ4v) is 1.14. The van der Waals surface area contributed by atoms with Gasteiger partial charge in [0.15, 0.2) is 0 Å². The van der Waals surface area contributed by atoms with Crippen molar-refractivity contribution in [1.82, 2.24) is 5.32 Å². The van der Waals surface area contributed by atoms with Crippen molar-refractivity contribution in [3.63, 3.8) is 0 Å². The van der Waals surface area contributed by atoms with Gasteiger partial charge in [-0.25, -0.2) is 0 Å². The summed E-state index contributed by atoms with van der Waals surface area (Å²) in [6, 6.07) is 0. The van der Waals surface area contributed by atoms with Gasteiger partial charge in [0, 0.05) is 6.54 Å². The molecule has 1 rings (SSSR count). The van der Waals surface area contributed by atoms with Gasteiger partial charge in [-0.05, 0) is 18.9 Å². The average Bonchev–Trinajstić information content (AvgIpc) is 2.41. The zero-order valence-corrected chi connectivity index (χ0v) is 6.10. The molecule has 1 fully saturated rings. The van der Waals surface area contributed by atoms with Crippen molar-refractivity contribution < 1.29 is 4.74 Å². The van der Waals surface area contributed by atoms with Crippen molar-refractivity contribution in [2.75, 3.05) is 26.3 Å². The Kier molecular flexibility index (Phi) is 3.28. The Balaban J connectivity index is 1.97. The van der Waals surface area contributed by atoms with E-state index in [4.69, 9.17) is 11.2 Å². The van der Waals surface area contributed by atoms with Crippen LogP contribution in [0, 0.1) is 18.3 Å². The van der Waals surface area contributed by atoms with Gasteiger partial charge in [-0.3, -0.25) is 0 Å². The first-order chi connectivity index (χ1) is 4.93. The Morgan fingerprint density at radius 3 is 3.20 bits per heavy atom. The summed E-state index contributed by atoms with van der Waals surface area (Å²) in [5, 5.41) is 3.27. The topological polar surface area (TPSA) is 21.3 Å². The van der Waals surface area contributed by atoms with Gasteiger partial charge in [0.1, 0.15) is 6.61 Å². The highest BCUT2D eigenvalue weighted by molar-refractivity contribution is 4.83. The minimum absolute atomic E-state index is 0.455. The number of hydrogen-bond donors (Lipinski definition) is 1. The van der Waals surface area contributed by atoms with Crippen LogP contribution in [-0.4, -0.2) is 26.3 Å². The van der Waals surface area contributed by atoms with Crippen LogP contribution in [-0.2, 0) is 4.74 Å². The van der Waals surface area contributed by atoms with Crippen molar-refractivity contribution in [2.24, 2.45) is 5.92 Å². The summed E-state index contributed by atoms with van der Waals surface area (Å²) in [6.07, 6.45) is 6.25. The lowest BCUT2D eigenvalue weighted by molar-refractivity contribution is 0.133. The Morgan fingerprint density at radius 2 is 2.60 bits per heavy atom. The van der Waals surface area contributed by atoms with Crippen LogP contribution in [0.1, 0.15) is 6.42 Å². The van der Waals surface area contributed by atoms with Crippen LogP contribution in [0.15, 0.2) is 0 Å². The van der Waals surface area contributed by atoms with Crippen LogP contribution in [0.25, 0.3) is 0 Å². The monoisotopic (exact) mass is 139 g/mol. The molecule has 10 heavy (non-hydrogen) atoms. The lowest BCUT2D eigenvalue weighted by Gasteiger charge is -2.05. The van der Waals surface area contributed by atoms with E-state index in [2.05, 4.69) is 11.2 Å². The van der Waals surface area contributed by atoms with Crippen LogP contribution >= 0.6 is 0 Å². The summed E-state index contributed by atoms with van der Waals surface area (Å²) in [7, 11) is 0. The lowest BCUT2D eigenvalue weighted by Crippen LogP contribution is -2.13. The number of rotatable bonds is 3. The van der Waals surface area contributed by atoms with Crippen molar-refractivity contribution in [3.05, 3.63) is 0 Å². The van der Waals surface area contributed by atoms with Gasteiger partial charge < -0.3 is 10.1 Å². The van der Waals surface area contributed by atoms with E-state index in [0.29, 0.717) is 12.5 Å². The van der Waals surface area contributed by atoms with Crippen LogP contribution in [0.5, 0.6) is 0 Å². The Bertz CT molecular complexity index is 122. The number of nitrogens with one attached hydrogen (secondary N) is 1. The van der Waals surface area contributed by atoms with Gasteiger partial charge >= 0.3 is 0 Å². The molecular weight excluding hydrogens is 126 g/mol. The van der Waals surface area contributed by atoms with Crippen LogP contribution in [0.2, 0.25) is 0 Å². The zero-order chi connectivity index (χ0) is 7.23. The molecule has 0 aromatic heterocycles. The predicted octanol–water partition coefficient (Wildman–Crippen LogP) is 0.246. The first-order valence-corrected chi connectivity index (χ1v) is 3.65. The molecule has 0 aromatic carbocycles. The second-order valence-corrected chi connectivity index (χ2v) is 2.58. The fourth-order valence-electron chi connectivity index (χ4n) is 1.14. The van der Waals surface area contributed by atoms with Gasteiger partial charge in [0.05, 0.1) is 6.61 Å². The Morgan fingerprint density at radius 1 is 1.70 bits per heavy atom. The van der Waals surface area contributed by atoms with E-state index in [1.807, 2.05) is 0 Å². The van der Waals surface area contributed by atoms with Crippen LogP contribution in [0.4, 0.5) is 0 Å². The molecule has 0 amide bonds. The Labute approximate surface area is 62.0 Å². The molecule has 2 heteroatoms. The van der Waals surface area contributed by atoms with E-state index in [1.54, 1.807) is 0 Å². The molecule has 0 radical (unpaired) electrons. The maximum atomic E-state index is 5.19.